The number of aryl methyl sites for hydroxylation is 2. The van der Waals surface area contributed by atoms with Gasteiger partial charge in [-0.2, -0.15) is 0 Å². The standard InChI is InChI=1S/C23H22N2O2S/c1-14-9-10-17-16(12-21(26)27-22(17)15(14)2)13-25-11-5-7-19(25)23-24-18-6-3-4-8-20(18)28-23/h3-4,6,8-10,12,19H,5,7,11,13H2,1-2H3/p+1/t19-/m0/s1. The van der Waals surface area contributed by atoms with Crippen LogP contribution in [0.5, 0.6) is 0 Å². The summed E-state index contributed by atoms with van der Waals surface area (Å²) in [6.45, 7) is 6.01. The second kappa shape index (κ2) is 6.83. The molecule has 0 spiro atoms. The summed E-state index contributed by atoms with van der Waals surface area (Å²) in [6, 6.07) is 14.6. The molecular formula is C23H23N2O2S+. The minimum Gasteiger partial charge on any atom is -0.422 e. The van der Waals surface area contributed by atoms with Crippen LogP contribution in [0.4, 0.5) is 0 Å². The minimum atomic E-state index is -0.258. The molecule has 2 aromatic carbocycles. The predicted octanol–water partition coefficient (Wildman–Crippen LogP) is 3.94. The highest BCUT2D eigenvalue weighted by atomic mass is 32.1. The molecule has 28 heavy (non-hydrogen) atoms. The summed E-state index contributed by atoms with van der Waals surface area (Å²) in [4.78, 5) is 18.6. The van der Waals surface area contributed by atoms with Crippen molar-refractivity contribution in [2.75, 3.05) is 6.54 Å². The Morgan fingerprint density at radius 2 is 2.07 bits per heavy atom. The first-order valence-corrected chi connectivity index (χ1v) is 10.6. The summed E-state index contributed by atoms with van der Waals surface area (Å²) in [6.07, 6.45) is 2.33. The van der Waals surface area contributed by atoms with Gasteiger partial charge in [0.05, 0.1) is 16.8 Å². The maximum absolute atomic E-state index is 12.2. The van der Waals surface area contributed by atoms with Crippen molar-refractivity contribution in [3.8, 4) is 0 Å². The number of nitrogens with one attached hydrogen (secondary N) is 1. The van der Waals surface area contributed by atoms with Crippen LogP contribution in [0.1, 0.15) is 40.6 Å². The molecule has 2 aromatic heterocycles. The fourth-order valence-corrected chi connectivity index (χ4v) is 5.54. The fourth-order valence-electron chi connectivity index (χ4n) is 4.38. The molecule has 5 heteroatoms. The zero-order valence-corrected chi connectivity index (χ0v) is 16.9. The summed E-state index contributed by atoms with van der Waals surface area (Å²) >= 11 is 1.81. The van der Waals surface area contributed by atoms with E-state index in [1.54, 1.807) is 6.07 Å². The van der Waals surface area contributed by atoms with Gasteiger partial charge in [-0.3, -0.25) is 0 Å². The van der Waals surface area contributed by atoms with E-state index >= 15 is 0 Å². The molecule has 1 saturated heterocycles. The highest BCUT2D eigenvalue weighted by molar-refractivity contribution is 7.18. The maximum Gasteiger partial charge on any atom is 0.336 e. The number of hydrogen-bond donors (Lipinski definition) is 1. The molecule has 2 atom stereocenters. The second-order valence-corrected chi connectivity index (χ2v) is 8.84. The number of thiazole rings is 1. The molecular weight excluding hydrogens is 368 g/mol. The Morgan fingerprint density at radius 3 is 2.93 bits per heavy atom. The topological polar surface area (TPSA) is 47.5 Å². The van der Waals surface area contributed by atoms with Crippen LogP contribution in [0.3, 0.4) is 0 Å². The van der Waals surface area contributed by atoms with Crippen molar-refractivity contribution in [3.05, 3.63) is 74.6 Å². The van der Waals surface area contributed by atoms with Crippen molar-refractivity contribution < 1.29 is 9.32 Å². The fraction of sp³-hybridized carbons (Fsp3) is 0.304. The van der Waals surface area contributed by atoms with E-state index in [0.717, 1.165) is 52.7 Å². The maximum atomic E-state index is 12.2. The molecule has 1 aliphatic rings. The van der Waals surface area contributed by atoms with E-state index in [2.05, 4.69) is 37.3 Å². The van der Waals surface area contributed by atoms with Gasteiger partial charge in [-0.25, -0.2) is 9.78 Å². The predicted molar refractivity (Wildman–Crippen MR) is 113 cm³/mol. The molecule has 0 amide bonds. The first-order chi connectivity index (χ1) is 13.6. The van der Waals surface area contributed by atoms with Gasteiger partial charge in [0.15, 0.2) is 5.01 Å². The molecule has 1 aliphatic heterocycles. The summed E-state index contributed by atoms with van der Waals surface area (Å²) in [5, 5.41) is 2.28. The molecule has 4 nitrogen and oxygen atoms in total. The molecule has 1 N–H and O–H groups in total. The smallest absolute Gasteiger partial charge is 0.336 e. The lowest BCUT2D eigenvalue weighted by atomic mass is 10.0. The molecule has 3 heterocycles. The van der Waals surface area contributed by atoms with Crippen LogP contribution in [-0.2, 0) is 6.54 Å². The van der Waals surface area contributed by atoms with E-state index in [9.17, 15) is 4.79 Å². The van der Waals surface area contributed by atoms with E-state index in [-0.39, 0.29) is 5.63 Å². The van der Waals surface area contributed by atoms with Crippen LogP contribution in [0, 0.1) is 13.8 Å². The number of likely N-dealkylation sites (tertiary alicyclic amines) is 1. The van der Waals surface area contributed by atoms with Crippen LogP contribution < -0.4 is 10.5 Å². The van der Waals surface area contributed by atoms with Crippen LogP contribution in [0.15, 0.2) is 51.7 Å². The zero-order chi connectivity index (χ0) is 19.3. The quantitative estimate of drug-likeness (QED) is 0.538. The van der Waals surface area contributed by atoms with Gasteiger partial charge in [0.2, 0.25) is 0 Å². The van der Waals surface area contributed by atoms with Gasteiger partial charge in [0.1, 0.15) is 18.2 Å². The second-order valence-electron chi connectivity index (χ2n) is 7.77. The van der Waals surface area contributed by atoms with Gasteiger partial charge in [0.25, 0.3) is 0 Å². The van der Waals surface area contributed by atoms with Crippen molar-refractivity contribution >= 4 is 32.5 Å². The van der Waals surface area contributed by atoms with E-state index in [4.69, 9.17) is 9.40 Å². The Morgan fingerprint density at radius 1 is 1.21 bits per heavy atom. The van der Waals surface area contributed by atoms with Crippen LogP contribution >= 0.6 is 11.3 Å². The third kappa shape index (κ3) is 2.95. The number of benzene rings is 2. The number of fused-ring (bicyclic) bond motifs is 2. The van der Waals surface area contributed by atoms with Crippen molar-refractivity contribution in [1.82, 2.24) is 4.98 Å². The summed E-state index contributed by atoms with van der Waals surface area (Å²) < 4.78 is 6.81. The summed E-state index contributed by atoms with van der Waals surface area (Å²) in [7, 11) is 0. The first kappa shape index (κ1) is 17.6. The van der Waals surface area contributed by atoms with Gasteiger partial charge >= 0.3 is 5.63 Å². The van der Waals surface area contributed by atoms with E-state index in [0.29, 0.717) is 6.04 Å². The Balaban J connectivity index is 1.53. The number of quaternary nitrogens is 1. The van der Waals surface area contributed by atoms with Gasteiger partial charge in [0, 0.05) is 29.9 Å². The molecule has 0 saturated carbocycles. The summed E-state index contributed by atoms with van der Waals surface area (Å²) in [5.41, 5.74) is 4.84. The molecule has 142 valence electrons. The van der Waals surface area contributed by atoms with Gasteiger partial charge in [-0.05, 0) is 37.1 Å². The number of nitrogens with zero attached hydrogens (tertiary/aromatic N) is 1. The lowest BCUT2D eigenvalue weighted by Gasteiger charge is -2.20. The lowest BCUT2D eigenvalue weighted by molar-refractivity contribution is -0.931. The van der Waals surface area contributed by atoms with Crippen LogP contribution in [0.2, 0.25) is 0 Å². The molecule has 1 fully saturated rings. The van der Waals surface area contributed by atoms with Gasteiger partial charge in [-0.1, -0.05) is 24.3 Å². The molecule has 0 aliphatic carbocycles. The van der Waals surface area contributed by atoms with Crippen molar-refractivity contribution in [3.63, 3.8) is 0 Å². The van der Waals surface area contributed by atoms with E-state index < -0.39 is 0 Å². The van der Waals surface area contributed by atoms with Crippen LogP contribution in [-0.4, -0.2) is 11.5 Å². The molecule has 0 bridgehead atoms. The van der Waals surface area contributed by atoms with Crippen molar-refractivity contribution in [1.29, 1.82) is 0 Å². The number of aromatic nitrogens is 1. The Kier molecular flexibility index (Phi) is 4.29. The summed E-state index contributed by atoms with van der Waals surface area (Å²) in [5.74, 6) is 0. The average molecular weight is 392 g/mol. The third-order valence-electron chi connectivity index (χ3n) is 6.03. The Hall–Kier alpha value is -2.50. The average Bonchev–Trinajstić information content (AvgIpc) is 3.31. The molecule has 5 rings (SSSR count). The third-order valence-corrected chi connectivity index (χ3v) is 7.18. The number of para-hydroxylation sites is 1. The molecule has 1 unspecified atom stereocenters. The molecule has 0 radical (unpaired) electrons. The Labute approximate surface area is 167 Å². The van der Waals surface area contributed by atoms with Gasteiger partial charge < -0.3 is 9.32 Å². The number of hydrogen-bond acceptors (Lipinski definition) is 4. The largest absolute Gasteiger partial charge is 0.422 e. The normalized spacial score (nSPS) is 19.6. The monoisotopic (exact) mass is 391 g/mol. The van der Waals surface area contributed by atoms with Crippen molar-refractivity contribution in [2.24, 2.45) is 0 Å². The highest BCUT2D eigenvalue weighted by Crippen LogP contribution is 2.29. The first-order valence-electron chi connectivity index (χ1n) is 9.83. The SMILES string of the molecule is Cc1ccc2c(C[NH+]3CCC[C@H]3c3nc4ccccc4s3)cc(=O)oc2c1C. The minimum absolute atomic E-state index is 0.258. The van der Waals surface area contributed by atoms with E-state index in [1.165, 1.54) is 21.0 Å². The zero-order valence-electron chi connectivity index (χ0n) is 16.1. The lowest BCUT2D eigenvalue weighted by Crippen LogP contribution is -3.08. The van der Waals surface area contributed by atoms with Crippen LogP contribution in [0.25, 0.3) is 21.2 Å². The Bertz CT molecular complexity index is 1210. The highest BCUT2D eigenvalue weighted by Gasteiger charge is 2.33. The van der Waals surface area contributed by atoms with Gasteiger partial charge in [-0.15, -0.1) is 11.3 Å². The molecule has 4 aromatic rings. The number of rotatable bonds is 3. The van der Waals surface area contributed by atoms with E-state index in [1.807, 2.05) is 24.3 Å². The van der Waals surface area contributed by atoms with Crippen molar-refractivity contribution in [2.45, 2.75) is 39.3 Å².